The summed E-state index contributed by atoms with van der Waals surface area (Å²) in [6, 6.07) is 71.6. The maximum absolute atomic E-state index is 2.49. The smallest absolute Gasteiger partial charge is 0.0468 e. The first-order valence-electron chi connectivity index (χ1n) is 21.3. The topological polar surface area (TPSA) is 3.24 Å². The highest BCUT2D eigenvalue weighted by atomic mass is 15.1. The second-order valence-electron chi connectivity index (χ2n) is 15.9. The first-order valence-corrected chi connectivity index (χ1v) is 21.3. The van der Waals surface area contributed by atoms with Crippen LogP contribution >= 0.6 is 0 Å². The molecule has 0 fully saturated rings. The molecule has 1 nitrogen and oxygen atoms in total. The van der Waals surface area contributed by atoms with Crippen LogP contribution in [0.2, 0.25) is 0 Å². The van der Waals surface area contributed by atoms with Crippen molar-refractivity contribution in [1.82, 2.24) is 0 Å². The van der Waals surface area contributed by atoms with Crippen molar-refractivity contribution in [1.29, 1.82) is 0 Å². The van der Waals surface area contributed by atoms with Crippen molar-refractivity contribution in [2.75, 3.05) is 4.90 Å². The molecule has 1 unspecified atom stereocenters. The molecule has 1 aliphatic carbocycles. The highest BCUT2D eigenvalue weighted by Crippen LogP contribution is 2.46. The highest BCUT2D eigenvalue weighted by molar-refractivity contribution is 6.15. The Kier molecular flexibility index (Phi) is 10.2. The zero-order chi connectivity index (χ0) is 40.3. The lowest BCUT2D eigenvalue weighted by atomic mass is 9.87. The molecule has 0 aromatic heterocycles. The lowest BCUT2D eigenvalue weighted by Crippen LogP contribution is -2.11. The van der Waals surface area contributed by atoms with Crippen LogP contribution in [-0.2, 0) is 0 Å². The minimum absolute atomic E-state index is 0.327. The molecular weight excluding hydrogens is 723 g/mol. The van der Waals surface area contributed by atoms with E-state index in [2.05, 4.69) is 236 Å². The summed E-state index contributed by atoms with van der Waals surface area (Å²) in [4.78, 5) is 2.45. The molecule has 0 heterocycles. The minimum Gasteiger partial charge on any atom is -0.310 e. The number of hydrogen-bond donors (Lipinski definition) is 0. The number of rotatable bonds is 10. The van der Waals surface area contributed by atoms with Gasteiger partial charge in [0.1, 0.15) is 0 Å². The van der Waals surface area contributed by atoms with Crippen molar-refractivity contribution in [3.05, 3.63) is 236 Å². The predicted molar refractivity (Wildman–Crippen MR) is 259 cm³/mol. The molecule has 0 amide bonds. The maximum atomic E-state index is 2.49. The van der Waals surface area contributed by atoms with Crippen molar-refractivity contribution in [3.63, 3.8) is 0 Å². The van der Waals surface area contributed by atoms with Crippen LogP contribution in [-0.4, -0.2) is 0 Å². The lowest BCUT2D eigenvalue weighted by Gasteiger charge is -2.28. The van der Waals surface area contributed by atoms with E-state index in [9.17, 15) is 0 Å². The molecule has 60 heavy (non-hydrogen) atoms. The number of benzene rings is 9. The van der Waals surface area contributed by atoms with Gasteiger partial charge in [0.25, 0.3) is 0 Å². The van der Waals surface area contributed by atoms with Gasteiger partial charge in [-0.15, -0.1) is 0 Å². The van der Waals surface area contributed by atoms with Crippen molar-refractivity contribution in [2.45, 2.75) is 32.1 Å². The van der Waals surface area contributed by atoms with Crippen LogP contribution in [0, 0.1) is 0 Å². The summed E-state index contributed by atoms with van der Waals surface area (Å²) < 4.78 is 0. The third kappa shape index (κ3) is 7.25. The van der Waals surface area contributed by atoms with E-state index in [0.717, 1.165) is 36.3 Å². The predicted octanol–water partition coefficient (Wildman–Crippen LogP) is 16.9. The Bertz CT molecular complexity index is 3070. The van der Waals surface area contributed by atoms with Gasteiger partial charge >= 0.3 is 0 Å². The maximum Gasteiger partial charge on any atom is 0.0468 e. The van der Waals surface area contributed by atoms with Gasteiger partial charge in [-0.25, -0.2) is 0 Å². The van der Waals surface area contributed by atoms with Crippen LogP contribution in [0.4, 0.5) is 17.1 Å². The fraction of sp³-hybridized carbons (Fsp3) is 0.0847. The number of anilines is 3. The third-order valence-electron chi connectivity index (χ3n) is 12.2. The molecule has 0 radical (unpaired) electrons. The van der Waals surface area contributed by atoms with E-state index in [1.165, 1.54) is 76.8 Å². The van der Waals surface area contributed by atoms with E-state index >= 15 is 0 Å². The first-order chi connectivity index (χ1) is 29.7. The average Bonchev–Trinajstić information content (AvgIpc) is 3.32. The van der Waals surface area contributed by atoms with E-state index in [-0.39, 0.29) is 0 Å². The van der Waals surface area contributed by atoms with Crippen LogP contribution in [0.5, 0.6) is 0 Å². The van der Waals surface area contributed by atoms with Gasteiger partial charge in [0.05, 0.1) is 0 Å². The standard InChI is InChI=1S/C59H47N/c1-2-3-5-17-42-18-14-24-46(38-42)47-25-15-26-50(39-47)60(49-34-32-44(33-35-49)43-19-6-4-7-20-43)51-36-37-57(59(41-51)55-31-16-23-45-21-8-10-27-52(45)55)58-40-48-22-9-11-28-53(48)54-29-12-13-30-56(54)58/h2-4,6-16,18-23,25-41,46H,5,17,24H2,1H3/b3-2-. The molecule has 0 N–H and O–H groups in total. The molecule has 1 heteroatoms. The van der Waals surface area contributed by atoms with E-state index < -0.39 is 0 Å². The van der Waals surface area contributed by atoms with Gasteiger partial charge < -0.3 is 4.90 Å². The second kappa shape index (κ2) is 16.6. The Morgan fingerprint density at radius 3 is 1.98 bits per heavy atom. The summed E-state index contributed by atoms with van der Waals surface area (Å²) in [6.45, 7) is 2.10. The first kappa shape index (κ1) is 37.1. The fourth-order valence-corrected chi connectivity index (χ4v) is 9.21. The summed E-state index contributed by atoms with van der Waals surface area (Å²) in [5, 5.41) is 7.52. The second-order valence-corrected chi connectivity index (χ2v) is 15.9. The zero-order valence-corrected chi connectivity index (χ0v) is 34.0. The minimum atomic E-state index is 0.327. The molecule has 0 saturated heterocycles. The Labute approximate surface area is 353 Å². The van der Waals surface area contributed by atoms with Gasteiger partial charge in [0, 0.05) is 23.0 Å². The quantitative estimate of drug-likeness (QED) is 0.0989. The Morgan fingerprint density at radius 1 is 0.483 bits per heavy atom. The molecule has 0 aliphatic heterocycles. The van der Waals surface area contributed by atoms with Crippen LogP contribution in [0.15, 0.2) is 230 Å². The summed E-state index contributed by atoms with van der Waals surface area (Å²) >= 11 is 0. The molecule has 0 bridgehead atoms. The molecule has 0 spiro atoms. The molecule has 9 aromatic rings. The normalized spacial score (nSPS) is 13.9. The molecule has 10 rings (SSSR count). The summed E-state index contributed by atoms with van der Waals surface area (Å²) in [5.41, 5.74) is 13.4. The number of hydrogen-bond acceptors (Lipinski definition) is 1. The molecular formula is C59H47N. The third-order valence-corrected chi connectivity index (χ3v) is 12.2. The van der Waals surface area contributed by atoms with Crippen LogP contribution in [0.1, 0.15) is 37.7 Å². The highest BCUT2D eigenvalue weighted by Gasteiger charge is 2.21. The van der Waals surface area contributed by atoms with Crippen molar-refractivity contribution in [2.24, 2.45) is 0 Å². The zero-order valence-electron chi connectivity index (χ0n) is 34.0. The monoisotopic (exact) mass is 769 g/mol. The van der Waals surface area contributed by atoms with Crippen LogP contribution < -0.4 is 4.90 Å². The van der Waals surface area contributed by atoms with Gasteiger partial charge in [-0.3, -0.25) is 0 Å². The SMILES string of the molecule is C/C=C\CCC1=CC(c2cccc(N(c3ccc(-c4ccccc4)cc3)c3ccc(-c4cc5ccccc5c5ccccc45)c(-c4cccc5ccccc45)c3)c2)CC=C1. The van der Waals surface area contributed by atoms with Crippen molar-refractivity contribution < 1.29 is 0 Å². The van der Waals surface area contributed by atoms with Gasteiger partial charge in [-0.1, -0.05) is 188 Å². The Balaban J connectivity index is 1.18. The van der Waals surface area contributed by atoms with Gasteiger partial charge in [0.2, 0.25) is 0 Å². The van der Waals surface area contributed by atoms with Crippen LogP contribution in [0.3, 0.4) is 0 Å². The van der Waals surface area contributed by atoms with Crippen molar-refractivity contribution in [3.8, 4) is 33.4 Å². The summed E-state index contributed by atoms with van der Waals surface area (Å²) in [7, 11) is 0. The van der Waals surface area contributed by atoms with E-state index in [0.29, 0.717) is 5.92 Å². The largest absolute Gasteiger partial charge is 0.310 e. The van der Waals surface area contributed by atoms with E-state index in [1.54, 1.807) is 0 Å². The molecule has 288 valence electrons. The number of fused-ring (bicyclic) bond motifs is 4. The summed E-state index contributed by atoms with van der Waals surface area (Å²) in [6.07, 6.45) is 14.7. The lowest BCUT2D eigenvalue weighted by molar-refractivity contribution is 0.825. The van der Waals surface area contributed by atoms with E-state index in [1.807, 2.05) is 0 Å². The van der Waals surface area contributed by atoms with Gasteiger partial charge in [-0.2, -0.15) is 0 Å². The van der Waals surface area contributed by atoms with Crippen molar-refractivity contribution >= 4 is 49.4 Å². The van der Waals surface area contributed by atoms with E-state index in [4.69, 9.17) is 0 Å². The molecule has 1 atom stereocenters. The summed E-state index contributed by atoms with van der Waals surface area (Å²) in [5.74, 6) is 0.327. The number of nitrogens with zero attached hydrogens (tertiary/aromatic N) is 1. The Hall–Kier alpha value is -7.22. The molecule has 1 aliphatic rings. The van der Waals surface area contributed by atoms with Crippen LogP contribution in [0.25, 0.3) is 65.7 Å². The average molecular weight is 770 g/mol. The molecule has 0 saturated carbocycles. The fourth-order valence-electron chi connectivity index (χ4n) is 9.21. The Morgan fingerprint density at radius 2 is 1.15 bits per heavy atom. The van der Waals surface area contributed by atoms with Gasteiger partial charge in [0.15, 0.2) is 0 Å². The van der Waals surface area contributed by atoms with Gasteiger partial charge in [-0.05, 0) is 140 Å². The number of allylic oxidation sites excluding steroid dienone is 6. The molecule has 9 aromatic carbocycles.